The van der Waals surface area contributed by atoms with Crippen molar-refractivity contribution in [3.05, 3.63) is 64.7 Å². The van der Waals surface area contributed by atoms with Crippen molar-refractivity contribution in [2.45, 2.75) is 63.2 Å². The van der Waals surface area contributed by atoms with E-state index in [-0.39, 0.29) is 55.1 Å². The Kier molecular flexibility index (Phi) is 9.10. The Hall–Kier alpha value is -1.51. The van der Waals surface area contributed by atoms with Crippen LogP contribution in [0.15, 0.2) is 42.5 Å². The van der Waals surface area contributed by atoms with Crippen molar-refractivity contribution >= 4 is 24.8 Å². The molecule has 4 nitrogen and oxygen atoms in total. The van der Waals surface area contributed by atoms with Crippen molar-refractivity contribution < 1.29 is 22.6 Å². The second kappa shape index (κ2) is 10.8. The number of alkyl halides is 3. The number of hydrogen-bond donors (Lipinski definition) is 2. The average Bonchev–Trinajstić information content (AvgIpc) is 3.11. The summed E-state index contributed by atoms with van der Waals surface area (Å²) in [6.07, 6.45) is -2.48. The Morgan fingerprint density at radius 1 is 1.18 bits per heavy atom. The lowest BCUT2D eigenvalue weighted by molar-refractivity contribution is -0.272. The third-order valence-electron chi connectivity index (χ3n) is 6.57. The van der Waals surface area contributed by atoms with Gasteiger partial charge in [-0.25, -0.2) is 0 Å². The molecule has 2 aliphatic rings. The number of benzene rings is 2. The monoisotopic (exact) mass is 506 g/mol. The zero-order valence-electron chi connectivity index (χ0n) is 18.9. The van der Waals surface area contributed by atoms with Crippen LogP contribution < -0.4 is 15.4 Å². The van der Waals surface area contributed by atoms with Crippen molar-refractivity contribution in [2.24, 2.45) is 0 Å². The molecule has 1 saturated heterocycles. The van der Waals surface area contributed by atoms with Crippen molar-refractivity contribution in [1.82, 2.24) is 10.6 Å². The third-order valence-corrected chi connectivity index (χ3v) is 6.57. The van der Waals surface area contributed by atoms with E-state index in [0.717, 1.165) is 26.3 Å². The molecular formula is C24H31Cl2F3N2O2. The highest BCUT2D eigenvalue weighted by molar-refractivity contribution is 5.85. The van der Waals surface area contributed by atoms with Gasteiger partial charge in [0.1, 0.15) is 5.75 Å². The summed E-state index contributed by atoms with van der Waals surface area (Å²) in [5.74, 6) is 0.578. The number of ether oxygens (including phenoxy) is 2. The third kappa shape index (κ3) is 5.28. The second-order valence-electron chi connectivity index (χ2n) is 8.55. The molecule has 2 N–H and O–H groups in total. The summed E-state index contributed by atoms with van der Waals surface area (Å²) < 4.78 is 52.1. The van der Waals surface area contributed by atoms with E-state index in [1.54, 1.807) is 19.2 Å². The molecule has 2 aromatic rings. The van der Waals surface area contributed by atoms with Crippen molar-refractivity contribution in [3.8, 4) is 5.75 Å². The van der Waals surface area contributed by atoms with Crippen LogP contribution in [0.4, 0.5) is 13.2 Å². The number of rotatable bonds is 5. The van der Waals surface area contributed by atoms with Crippen LogP contribution >= 0.6 is 24.8 Å². The molecular weight excluding hydrogens is 476 g/mol. The van der Waals surface area contributed by atoms with Crippen LogP contribution in [0.25, 0.3) is 0 Å². The molecule has 0 spiro atoms. The first-order chi connectivity index (χ1) is 14.7. The maximum Gasteiger partial charge on any atom is 0.421 e. The number of hydrogen-bond acceptors (Lipinski definition) is 4. The SMILES string of the molecule is COc1cc2c(cc1C(C)N[C@H]1CCCN[C@H]1c1ccccc1)C(C)(C(F)(F)F)OC2.Cl.Cl. The van der Waals surface area contributed by atoms with Gasteiger partial charge in [-0.1, -0.05) is 30.3 Å². The maximum atomic E-state index is 13.8. The molecule has 0 amide bonds. The van der Waals surface area contributed by atoms with Crippen LogP contribution in [-0.2, 0) is 16.9 Å². The Balaban J connectivity index is 0.00000193. The van der Waals surface area contributed by atoms with E-state index in [4.69, 9.17) is 9.47 Å². The number of piperidine rings is 1. The van der Waals surface area contributed by atoms with Gasteiger partial charge in [0.05, 0.1) is 13.7 Å². The minimum atomic E-state index is -4.49. The fraction of sp³-hybridized carbons (Fsp3) is 0.500. The Morgan fingerprint density at radius 3 is 2.52 bits per heavy atom. The molecule has 184 valence electrons. The molecule has 4 atom stereocenters. The molecule has 9 heteroatoms. The maximum absolute atomic E-state index is 13.8. The summed E-state index contributed by atoms with van der Waals surface area (Å²) in [6.45, 7) is 3.94. The van der Waals surface area contributed by atoms with E-state index in [1.807, 2.05) is 25.1 Å². The number of nitrogens with one attached hydrogen (secondary N) is 2. The van der Waals surface area contributed by atoms with Crippen molar-refractivity contribution in [2.75, 3.05) is 13.7 Å². The van der Waals surface area contributed by atoms with Gasteiger partial charge in [0.15, 0.2) is 5.60 Å². The molecule has 2 aliphatic heterocycles. The highest BCUT2D eigenvalue weighted by Gasteiger charge is 2.57. The van der Waals surface area contributed by atoms with Crippen LogP contribution in [0.2, 0.25) is 0 Å². The standard InChI is InChI=1S/C24H29F3N2O2.2ClH/c1-15(29-20-10-7-11-28-22(20)16-8-5-4-6-9-16)18-13-19-17(12-21(18)30-3)14-31-23(19,2)24(25,26)27;;/h4-6,8-9,12-13,15,20,22,28-29H,7,10-11,14H2,1-3H3;2*1H/t15?,20-,22-,23?;;/m0../s1. The average molecular weight is 507 g/mol. The number of methoxy groups -OCH3 is 1. The summed E-state index contributed by atoms with van der Waals surface area (Å²) >= 11 is 0. The van der Waals surface area contributed by atoms with Gasteiger partial charge in [0.2, 0.25) is 0 Å². The first kappa shape index (κ1) is 27.7. The topological polar surface area (TPSA) is 42.5 Å². The van der Waals surface area contributed by atoms with Gasteiger partial charge in [-0.05, 0) is 62.1 Å². The van der Waals surface area contributed by atoms with Gasteiger partial charge < -0.3 is 20.1 Å². The largest absolute Gasteiger partial charge is 0.496 e. The predicted molar refractivity (Wildman–Crippen MR) is 127 cm³/mol. The van der Waals surface area contributed by atoms with E-state index < -0.39 is 11.8 Å². The summed E-state index contributed by atoms with van der Waals surface area (Å²) in [4.78, 5) is 0. The second-order valence-corrected chi connectivity index (χ2v) is 8.55. The molecule has 2 unspecified atom stereocenters. The summed E-state index contributed by atoms with van der Waals surface area (Å²) in [6, 6.07) is 13.6. The predicted octanol–water partition coefficient (Wildman–Crippen LogP) is 5.99. The Labute approximate surface area is 205 Å². The molecule has 0 aliphatic carbocycles. The molecule has 0 radical (unpaired) electrons. The van der Waals surface area contributed by atoms with E-state index in [2.05, 4.69) is 22.8 Å². The van der Waals surface area contributed by atoms with Crippen molar-refractivity contribution in [1.29, 1.82) is 0 Å². The summed E-state index contributed by atoms with van der Waals surface area (Å²) in [7, 11) is 1.55. The van der Waals surface area contributed by atoms with Gasteiger partial charge in [-0.2, -0.15) is 13.2 Å². The highest BCUT2D eigenvalue weighted by Crippen LogP contribution is 2.49. The fourth-order valence-corrected chi connectivity index (χ4v) is 4.74. The van der Waals surface area contributed by atoms with Gasteiger partial charge in [0, 0.05) is 23.7 Å². The van der Waals surface area contributed by atoms with Crippen LogP contribution in [0.3, 0.4) is 0 Å². The molecule has 0 bridgehead atoms. The number of fused-ring (bicyclic) bond motifs is 1. The van der Waals surface area contributed by atoms with E-state index in [9.17, 15) is 13.2 Å². The van der Waals surface area contributed by atoms with Crippen LogP contribution in [0, 0.1) is 0 Å². The summed E-state index contributed by atoms with van der Waals surface area (Å²) in [5.41, 5.74) is 0.299. The lowest BCUT2D eigenvalue weighted by Gasteiger charge is -2.36. The molecule has 33 heavy (non-hydrogen) atoms. The lowest BCUT2D eigenvalue weighted by Crippen LogP contribution is -2.46. The van der Waals surface area contributed by atoms with E-state index in [1.165, 1.54) is 5.56 Å². The normalized spacial score (nSPS) is 25.4. The Morgan fingerprint density at radius 2 is 1.88 bits per heavy atom. The van der Waals surface area contributed by atoms with Crippen LogP contribution in [0.1, 0.15) is 61.0 Å². The highest BCUT2D eigenvalue weighted by atomic mass is 35.5. The number of halogens is 5. The van der Waals surface area contributed by atoms with Crippen LogP contribution in [0.5, 0.6) is 5.75 Å². The first-order valence-electron chi connectivity index (χ1n) is 10.7. The molecule has 0 saturated carbocycles. The van der Waals surface area contributed by atoms with Crippen molar-refractivity contribution in [3.63, 3.8) is 0 Å². The minimum Gasteiger partial charge on any atom is -0.496 e. The van der Waals surface area contributed by atoms with Gasteiger partial charge in [-0.15, -0.1) is 24.8 Å². The first-order valence-corrected chi connectivity index (χ1v) is 10.7. The van der Waals surface area contributed by atoms with Crippen LogP contribution in [-0.4, -0.2) is 25.9 Å². The molecule has 1 fully saturated rings. The molecule has 2 heterocycles. The smallest absolute Gasteiger partial charge is 0.421 e. The fourth-order valence-electron chi connectivity index (χ4n) is 4.74. The summed E-state index contributed by atoms with van der Waals surface area (Å²) in [5, 5.41) is 7.23. The van der Waals surface area contributed by atoms with E-state index >= 15 is 0 Å². The van der Waals surface area contributed by atoms with Gasteiger partial charge in [0.25, 0.3) is 0 Å². The van der Waals surface area contributed by atoms with Gasteiger partial charge >= 0.3 is 6.18 Å². The quantitative estimate of drug-likeness (QED) is 0.522. The molecule has 2 aromatic carbocycles. The zero-order valence-corrected chi connectivity index (χ0v) is 20.5. The lowest BCUT2D eigenvalue weighted by atomic mass is 9.88. The minimum absolute atomic E-state index is 0. The Bertz CT molecular complexity index is 930. The zero-order chi connectivity index (χ0) is 22.2. The molecule has 4 rings (SSSR count). The molecule has 0 aromatic heterocycles. The van der Waals surface area contributed by atoms with Gasteiger partial charge in [-0.3, -0.25) is 0 Å². The van der Waals surface area contributed by atoms with E-state index in [0.29, 0.717) is 16.9 Å².